The van der Waals surface area contributed by atoms with E-state index in [1.54, 1.807) is 23.1 Å². The molecular weight excluding hydrogens is 506 g/mol. The highest BCUT2D eigenvalue weighted by molar-refractivity contribution is 6.10. The highest BCUT2D eigenvalue weighted by Gasteiger charge is 2.60. The van der Waals surface area contributed by atoms with E-state index in [4.69, 9.17) is 14.6 Å². The molecule has 11 heteroatoms. The van der Waals surface area contributed by atoms with Crippen LogP contribution in [0.3, 0.4) is 0 Å². The van der Waals surface area contributed by atoms with E-state index in [1.165, 1.54) is 19.1 Å². The van der Waals surface area contributed by atoms with Crippen molar-refractivity contribution in [2.45, 2.75) is 49.4 Å². The molecule has 0 radical (unpaired) electrons. The fraction of sp³-hybridized carbons (Fsp3) is 0.393. The lowest BCUT2D eigenvalue weighted by Crippen LogP contribution is -2.39. The van der Waals surface area contributed by atoms with Gasteiger partial charge in [0.05, 0.1) is 37.4 Å². The number of nitrogens with zero attached hydrogens (tertiary/aromatic N) is 6. The number of hydrogen-bond acceptors (Lipinski definition) is 7. The average Bonchev–Trinajstić information content (AvgIpc) is 3.84. The Hall–Kier alpha value is -4.15. The molecule has 39 heavy (non-hydrogen) atoms. The topological polar surface area (TPSA) is 94.7 Å². The zero-order chi connectivity index (χ0) is 27.1. The first-order valence-electron chi connectivity index (χ1n) is 12.9. The second-order valence-electron chi connectivity index (χ2n) is 10.7. The number of halogens is 2. The lowest BCUT2D eigenvalue weighted by Gasteiger charge is -2.22. The molecule has 2 atom stereocenters. The number of carbonyl (C=O) groups is 1. The third-order valence-corrected chi connectivity index (χ3v) is 8.06. The van der Waals surface area contributed by atoms with E-state index in [9.17, 15) is 13.6 Å². The van der Waals surface area contributed by atoms with Crippen LogP contribution in [0.1, 0.15) is 54.7 Å². The van der Waals surface area contributed by atoms with Gasteiger partial charge in [-0.05, 0) is 54.4 Å². The largest absolute Gasteiger partial charge is 0.480 e. The summed E-state index contributed by atoms with van der Waals surface area (Å²) in [5.41, 5.74) is 4.95. The van der Waals surface area contributed by atoms with Gasteiger partial charge in [-0.3, -0.25) is 4.79 Å². The van der Waals surface area contributed by atoms with Crippen LogP contribution in [0.25, 0.3) is 16.9 Å². The summed E-state index contributed by atoms with van der Waals surface area (Å²) in [6.07, 6.45) is 7.40. The van der Waals surface area contributed by atoms with Gasteiger partial charge in [-0.15, -0.1) is 0 Å². The molecule has 1 spiro atoms. The standard InChI is InChI=1S/C28H26F2N6O3/c1-27(29,30)14-35-22-10-15(4-5-20(22)28(6-7-28)25(35)37)16-11-17(16)18-12-21(34-36-9-8-31-23(18)36)19-13-32-26(39-3)33-24(19)38-2/h4-5,8-10,12-13,16-17H,6-7,11,14H2,1-3H3/t16-,17?/m1/s1. The van der Waals surface area contributed by atoms with Gasteiger partial charge in [0, 0.05) is 36.8 Å². The third kappa shape index (κ3) is 3.74. The first-order valence-corrected chi connectivity index (χ1v) is 12.9. The lowest BCUT2D eigenvalue weighted by atomic mass is 9.95. The minimum Gasteiger partial charge on any atom is -0.480 e. The summed E-state index contributed by atoms with van der Waals surface area (Å²) < 4.78 is 40.4. The molecule has 3 aliphatic rings. The van der Waals surface area contributed by atoms with Crippen LogP contribution in [0.5, 0.6) is 11.9 Å². The van der Waals surface area contributed by atoms with Crippen LogP contribution in [-0.4, -0.2) is 57.2 Å². The van der Waals surface area contributed by atoms with Crippen LogP contribution in [0.15, 0.2) is 42.9 Å². The summed E-state index contributed by atoms with van der Waals surface area (Å²) in [5.74, 6) is -2.52. The monoisotopic (exact) mass is 532 g/mol. The number of fused-ring (bicyclic) bond motifs is 3. The predicted octanol–water partition coefficient (Wildman–Crippen LogP) is 4.51. The van der Waals surface area contributed by atoms with Crippen molar-refractivity contribution < 1.29 is 23.0 Å². The molecule has 3 aromatic heterocycles. The number of carbonyl (C=O) groups excluding carboxylic acids is 1. The fourth-order valence-electron chi connectivity index (χ4n) is 5.97. The molecular formula is C28H26F2N6O3. The molecule has 1 aromatic carbocycles. The molecule has 1 unspecified atom stereocenters. The van der Waals surface area contributed by atoms with Gasteiger partial charge in [-0.1, -0.05) is 12.1 Å². The van der Waals surface area contributed by atoms with Gasteiger partial charge in [0.1, 0.15) is 0 Å². The minimum absolute atomic E-state index is 0.146. The number of hydrogen-bond donors (Lipinski definition) is 0. The van der Waals surface area contributed by atoms with Crippen molar-refractivity contribution in [3.8, 4) is 23.1 Å². The molecule has 4 heterocycles. The van der Waals surface area contributed by atoms with Crippen molar-refractivity contribution in [3.63, 3.8) is 0 Å². The van der Waals surface area contributed by atoms with E-state index in [2.05, 4.69) is 21.0 Å². The average molecular weight is 533 g/mol. The van der Waals surface area contributed by atoms with Crippen molar-refractivity contribution in [2.75, 3.05) is 25.7 Å². The van der Waals surface area contributed by atoms with Gasteiger partial charge < -0.3 is 14.4 Å². The first-order chi connectivity index (χ1) is 18.7. The van der Waals surface area contributed by atoms with Gasteiger partial charge >= 0.3 is 6.01 Å². The number of methoxy groups -OCH3 is 2. The van der Waals surface area contributed by atoms with Crippen molar-refractivity contribution >= 4 is 17.2 Å². The van der Waals surface area contributed by atoms with E-state index in [-0.39, 0.29) is 23.8 Å². The molecule has 0 N–H and O–H groups in total. The number of benzene rings is 1. The van der Waals surface area contributed by atoms with Gasteiger partial charge in [0.25, 0.3) is 5.92 Å². The second-order valence-corrected chi connectivity index (χ2v) is 10.7. The number of anilines is 1. The molecule has 2 fully saturated rings. The summed E-state index contributed by atoms with van der Waals surface area (Å²) in [4.78, 5) is 27.5. The maximum atomic E-state index is 14.0. The first kappa shape index (κ1) is 23.9. The maximum Gasteiger partial charge on any atom is 0.319 e. The Morgan fingerprint density at radius 3 is 2.67 bits per heavy atom. The predicted molar refractivity (Wildman–Crippen MR) is 138 cm³/mol. The second kappa shape index (κ2) is 8.17. The SMILES string of the molecule is COc1ncc(-c2cc(C3C[C@@H]3c3ccc4c(c3)N(CC(C)(F)F)C(=O)C43CC3)c3nccn3n2)c(OC)n1. The molecule has 9 nitrogen and oxygen atoms in total. The molecule has 2 aliphatic carbocycles. The summed E-state index contributed by atoms with van der Waals surface area (Å²) in [6.45, 7) is 0.255. The number of ether oxygens (including phenoxy) is 2. The van der Waals surface area contributed by atoms with Crippen LogP contribution in [0.2, 0.25) is 0 Å². The van der Waals surface area contributed by atoms with Crippen LogP contribution >= 0.6 is 0 Å². The van der Waals surface area contributed by atoms with E-state index in [1.807, 2.05) is 18.2 Å². The Bertz CT molecular complexity index is 1640. The van der Waals surface area contributed by atoms with Gasteiger partial charge in [-0.25, -0.2) is 23.3 Å². The fourth-order valence-corrected chi connectivity index (χ4v) is 5.97. The maximum absolute atomic E-state index is 14.0. The Balaban J connectivity index is 1.25. The quantitative estimate of drug-likeness (QED) is 0.346. The molecule has 7 rings (SSSR count). The van der Waals surface area contributed by atoms with Crippen molar-refractivity contribution in [1.82, 2.24) is 24.6 Å². The lowest BCUT2D eigenvalue weighted by molar-refractivity contribution is -0.121. The van der Waals surface area contributed by atoms with E-state index >= 15 is 0 Å². The zero-order valence-corrected chi connectivity index (χ0v) is 21.7. The smallest absolute Gasteiger partial charge is 0.319 e. The molecule has 2 saturated carbocycles. The Labute approximate surface area is 222 Å². The van der Waals surface area contributed by atoms with E-state index in [0.717, 1.165) is 35.7 Å². The summed E-state index contributed by atoms with van der Waals surface area (Å²) in [6, 6.07) is 8.15. The number of aromatic nitrogens is 5. The van der Waals surface area contributed by atoms with Crippen LogP contribution in [0.4, 0.5) is 14.5 Å². The van der Waals surface area contributed by atoms with Crippen molar-refractivity contribution in [2.24, 2.45) is 0 Å². The van der Waals surface area contributed by atoms with E-state index in [0.29, 0.717) is 35.7 Å². The van der Waals surface area contributed by atoms with Crippen molar-refractivity contribution in [1.29, 1.82) is 0 Å². The van der Waals surface area contributed by atoms with E-state index < -0.39 is 17.9 Å². The van der Waals surface area contributed by atoms with Gasteiger partial charge in [0.2, 0.25) is 11.8 Å². The zero-order valence-electron chi connectivity index (χ0n) is 21.7. The van der Waals surface area contributed by atoms with Crippen LogP contribution in [0, 0.1) is 0 Å². The summed E-state index contributed by atoms with van der Waals surface area (Å²) in [5, 5.41) is 4.70. The molecule has 0 saturated heterocycles. The Morgan fingerprint density at radius 2 is 1.95 bits per heavy atom. The minimum atomic E-state index is -2.97. The molecule has 4 aromatic rings. The third-order valence-electron chi connectivity index (χ3n) is 8.06. The number of imidazole rings is 1. The molecule has 1 amide bonds. The van der Waals surface area contributed by atoms with Crippen LogP contribution in [-0.2, 0) is 10.2 Å². The molecule has 200 valence electrons. The number of alkyl halides is 2. The summed E-state index contributed by atoms with van der Waals surface area (Å²) in [7, 11) is 3.02. The normalized spacial score (nSPS) is 20.9. The van der Waals surface area contributed by atoms with Crippen LogP contribution < -0.4 is 14.4 Å². The molecule has 0 bridgehead atoms. The highest BCUT2D eigenvalue weighted by Crippen LogP contribution is 2.60. The number of amides is 1. The Kier molecular flexibility index (Phi) is 5.02. The Morgan fingerprint density at radius 1 is 1.13 bits per heavy atom. The van der Waals surface area contributed by atoms with Gasteiger partial charge in [0.15, 0.2) is 5.65 Å². The molecule has 1 aliphatic heterocycles. The highest BCUT2D eigenvalue weighted by atomic mass is 19.3. The van der Waals surface area contributed by atoms with Gasteiger partial charge in [-0.2, -0.15) is 10.1 Å². The summed E-state index contributed by atoms with van der Waals surface area (Å²) >= 11 is 0. The van der Waals surface area contributed by atoms with Crippen molar-refractivity contribution in [3.05, 3.63) is 59.5 Å². The number of rotatable bonds is 7.